The van der Waals surface area contributed by atoms with Crippen molar-refractivity contribution < 1.29 is 4.74 Å². The molecule has 0 aliphatic carbocycles. The fourth-order valence-corrected chi connectivity index (χ4v) is 2.60. The standard InChI is InChI=1S/C16H19BrN2O/c1-19(11-12-3-5-16(20-2)6-4-12)15-8-13(10-18)7-14(17)9-15/h3-9H,10-11,18H2,1-2H3. The Balaban J connectivity index is 2.14. The number of halogens is 1. The van der Waals surface area contributed by atoms with Crippen molar-refractivity contribution in [2.75, 3.05) is 19.1 Å². The Morgan fingerprint density at radius 3 is 2.40 bits per heavy atom. The minimum Gasteiger partial charge on any atom is -0.497 e. The van der Waals surface area contributed by atoms with Gasteiger partial charge in [-0.2, -0.15) is 0 Å². The lowest BCUT2D eigenvalue weighted by atomic mass is 10.1. The summed E-state index contributed by atoms with van der Waals surface area (Å²) in [5.41, 5.74) is 9.23. The summed E-state index contributed by atoms with van der Waals surface area (Å²) in [4.78, 5) is 2.20. The lowest BCUT2D eigenvalue weighted by Gasteiger charge is -2.20. The zero-order valence-corrected chi connectivity index (χ0v) is 13.4. The van der Waals surface area contributed by atoms with E-state index >= 15 is 0 Å². The molecule has 0 aliphatic heterocycles. The minimum absolute atomic E-state index is 0.544. The van der Waals surface area contributed by atoms with E-state index in [0.29, 0.717) is 6.54 Å². The normalized spacial score (nSPS) is 10.4. The van der Waals surface area contributed by atoms with Gasteiger partial charge in [0.15, 0.2) is 0 Å². The Kier molecular flexibility index (Phi) is 5.04. The second kappa shape index (κ2) is 6.77. The van der Waals surface area contributed by atoms with E-state index in [2.05, 4.69) is 52.1 Å². The predicted octanol–water partition coefficient (Wildman–Crippen LogP) is 3.55. The van der Waals surface area contributed by atoms with E-state index in [-0.39, 0.29) is 0 Å². The Bertz CT molecular complexity index is 569. The molecule has 0 atom stereocenters. The molecule has 0 amide bonds. The maximum absolute atomic E-state index is 5.72. The summed E-state index contributed by atoms with van der Waals surface area (Å²) in [7, 11) is 3.75. The van der Waals surface area contributed by atoms with Crippen LogP contribution in [-0.4, -0.2) is 14.2 Å². The van der Waals surface area contributed by atoms with Gasteiger partial charge in [0.05, 0.1) is 7.11 Å². The second-order valence-electron chi connectivity index (χ2n) is 4.73. The molecule has 0 bridgehead atoms. The summed E-state index contributed by atoms with van der Waals surface area (Å²) in [6.07, 6.45) is 0. The van der Waals surface area contributed by atoms with Gasteiger partial charge >= 0.3 is 0 Å². The molecule has 2 aromatic carbocycles. The van der Waals surface area contributed by atoms with Crippen LogP contribution in [0.15, 0.2) is 46.9 Å². The monoisotopic (exact) mass is 334 g/mol. The third-order valence-corrected chi connectivity index (χ3v) is 3.66. The number of benzene rings is 2. The van der Waals surface area contributed by atoms with Crippen LogP contribution in [0.4, 0.5) is 5.69 Å². The van der Waals surface area contributed by atoms with E-state index in [0.717, 1.165) is 28.0 Å². The molecule has 2 aromatic rings. The average Bonchev–Trinajstić information content (AvgIpc) is 2.47. The zero-order chi connectivity index (χ0) is 14.5. The van der Waals surface area contributed by atoms with Crippen LogP contribution < -0.4 is 15.4 Å². The maximum atomic E-state index is 5.72. The molecule has 0 saturated carbocycles. The Hall–Kier alpha value is -1.52. The van der Waals surface area contributed by atoms with Gasteiger partial charge in [-0.15, -0.1) is 0 Å². The van der Waals surface area contributed by atoms with Crippen molar-refractivity contribution in [2.24, 2.45) is 5.73 Å². The fourth-order valence-electron chi connectivity index (χ4n) is 2.07. The summed E-state index contributed by atoms with van der Waals surface area (Å²) in [5, 5.41) is 0. The second-order valence-corrected chi connectivity index (χ2v) is 5.64. The molecular formula is C16H19BrN2O. The van der Waals surface area contributed by atoms with Gasteiger partial charge < -0.3 is 15.4 Å². The molecule has 2 rings (SSSR count). The molecule has 0 aliphatic rings. The zero-order valence-electron chi connectivity index (χ0n) is 11.8. The Morgan fingerprint density at radius 1 is 1.10 bits per heavy atom. The molecule has 0 radical (unpaired) electrons. The summed E-state index contributed by atoms with van der Waals surface area (Å²) < 4.78 is 6.22. The smallest absolute Gasteiger partial charge is 0.118 e. The van der Waals surface area contributed by atoms with Crippen LogP contribution in [0.2, 0.25) is 0 Å². The van der Waals surface area contributed by atoms with Crippen molar-refractivity contribution in [3.63, 3.8) is 0 Å². The van der Waals surface area contributed by atoms with E-state index in [1.807, 2.05) is 18.2 Å². The first kappa shape index (κ1) is 14.9. The predicted molar refractivity (Wildman–Crippen MR) is 87.1 cm³/mol. The number of anilines is 1. The summed E-state index contributed by atoms with van der Waals surface area (Å²) in [6.45, 7) is 1.38. The van der Waals surface area contributed by atoms with E-state index in [9.17, 15) is 0 Å². The molecule has 3 nitrogen and oxygen atoms in total. The van der Waals surface area contributed by atoms with Crippen molar-refractivity contribution in [3.05, 3.63) is 58.1 Å². The number of hydrogen-bond donors (Lipinski definition) is 1. The topological polar surface area (TPSA) is 38.5 Å². The molecule has 0 heterocycles. The van der Waals surface area contributed by atoms with Gasteiger partial charge in [-0.05, 0) is 41.5 Å². The van der Waals surface area contributed by atoms with E-state index in [1.54, 1.807) is 7.11 Å². The van der Waals surface area contributed by atoms with Crippen molar-refractivity contribution in [1.29, 1.82) is 0 Å². The summed E-state index contributed by atoms with van der Waals surface area (Å²) in [6, 6.07) is 14.4. The van der Waals surface area contributed by atoms with E-state index < -0.39 is 0 Å². The molecule has 4 heteroatoms. The number of methoxy groups -OCH3 is 1. The number of nitrogens with zero attached hydrogens (tertiary/aromatic N) is 1. The van der Waals surface area contributed by atoms with E-state index in [4.69, 9.17) is 10.5 Å². The third-order valence-electron chi connectivity index (χ3n) is 3.20. The molecule has 0 saturated heterocycles. The summed E-state index contributed by atoms with van der Waals surface area (Å²) in [5.74, 6) is 0.879. The van der Waals surface area contributed by atoms with Crippen LogP contribution in [0.1, 0.15) is 11.1 Å². The Morgan fingerprint density at radius 2 is 1.80 bits per heavy atom. The highest BCUT2D eigenvalue weighted by Gasteiger charge is 2.05. The highest BCUT2D eigenvalue weighted by atomic mass is 79.9. The van der Waals surface area contributed by atoms with Gasteiger partial charge in [0.25, 0.3) is 0 Å². The average molecular weight is 335 g/mol. The SMILES string of the molecule is COc1ccc(CN(C)c2cc(Br)cc(CN)c2)cc1. The minimum atomic E-state index is 0.544. The van der Waals surface area contributed by atoms with Crippen molar-refractivity contribution in [2.45, 2.75) is 13.1 Å². The first-order chi connectivity index (χ1) is 9.62. The number of hydrogen-bond acceptors (Lipinski definition) is 3. The molecule has 0 spiro atoms. The number of nitrogens with two attached hydrogens (primary N) is 1. The maximum Gasteiger partial charge on any atom is 0.118 e. The molecule has 20 heavy (non-hydrogen) atoms. The lowest BCUT2D eigenvalue weighted by Crippen LogP contribution is -2.16. The molecule has 0 unspecified atom stereocenters. The van der Waals surface area contributed by atoms with Crippen molar-refractivity contribution in [3.8, 4) is 5.75 Å². The molecule has 0 aromatic heterocycles. The number of rotatable bonds is 5. The number of ether oxygens (including phenoxy) is 1. The van der Waals surface area contributed by atoms with Crippen molar-refractivity contribution >= 4 is 21.6 Å². The van der Waals surface area contributed by atoms with Crippen LogP contribution in [0.5, 0.6) is 5.75 Å². The quantitative estimate of drug-likeness (QED) is 0.908. The van der Waals surface area contributed by atoms with Crippen LogP contribution in [-0.2, 0) is 13.1 Å². The van der Waals surface area contributed by atoms with Gasteiger partial charge in [0.1, 0.15) is 5.75 Å². The highest BCUT2D eigenvalue weighted by Crippen LogP contribution is 2.23. The molecule has 106 valence electrons. The van der Waals surface area contributed by atoms with Gasteiger partial charge in [0.2, 0.25) is 0 Å². The van der Waals surface area contributed by atoms with Crippen LogP contribution >= 0.6 is 15.9 Å². The van der Waals surface area contributed by atoms with Gasteiger partial charge in [0, 0.05) is 30.3 Å². The highest BCUT2D eigenvalue weighted by molar-refractivity contribution is 9.10. The third kappa shape index (κ3) is 3.74. The van der Waals surface area contributed by atoms with Crippen molar-refractivity contribution in [1.82, 2.24) is 0 Å². The van der Waals surface area contributed by atoms with Crippen LogP contribution in [0.25, 0.3) is 0 Å². The van der Waals surface area contributed by atoms with Gasteiger partial charge in [-0.25, -0.2) is 0 Å². The van der Waals surface area contributed by atoms with E-state index in [1.165, 1.54) is 5.56 Å². The molecular weight excluding hydrogens is 316 g/mol. The Labute approximate surface area is 128 Å². The fraction of sp³-hybridized carbons (Fsp3) is 0.250. The lowest BCUT2D eigenvalue weighted by molar-refractivity contribution is 0.414. The first-order valence-corrected chi connectivity index (χ1v) is 7.25. The van der Waals surface area contributed by atoms with Crippen LogP contribution in [0, 0.1) is 0 Å². The van der Waals surface area contributed by atoms with Gasteiger partial charge in [-0.3, -0.25) is 0 Å². The summed E-state index contributed by atoms with van der Waals surface area (Å²) >= 11 is 3.53. The van der Waals surface area contributed by atoms with Gasteiger partial charge in [-0.1, -0.05) is 28.1 Å². The largest absolute Gasteiger partial charge is 0.497 e. The molecule has 2 N–H and O–H groups in total. The van der Waals surface area contributed by atoms with Crippen LogP contribution in [0.3, 0.4) is 0 Å². The molecule has 0 fully saturated rings. The first-order valence-electron chi connectivity index (χ1n) is 6.46.